The zero-order valence-corrected chi connectivity index (χ0v) is 15.0. The molecule has 1 amide bonds. The average Bonchev–Trinajstić information content (AvgIpc) is 3.15. The van der Waals surface area contributed by atoms with Crippen LogP contribution in [0.4, 0.5) is 0 Å². The molecule has 0 fully saturated rings. The fourth-order valence-corrected chi connectivity index (χ4v) is 2.80. The Morgan fingerprint density at radius 3 is 2.38 bits per heavy atom. The lowest BCUT2D eigenvalue weighted by atomic mass is 10.1. The molecule has 0 unspecified atom stereocenters. The van der Waals surface area contributed by atoms with Crippen LogP contribution in [0.25, 0.3) is 0 Å². The van der Waals surface area contributed by atoms with Gasteiger partial charge in [0, 0.05) is 13.1 Å². The van der Waals surface area contributed by atoms with Crippen LogP contribution in [0.1, 0.15) is 22.5 Å². The summed E-state index contributed by atoms with van der Waals surface area (Å²) in [5, 5.41) is 3.00. The highest BCUT2D eigenvalue weighted by Crippen LogP contribution is 2.10. The molecule has 3 aromatic rings. The van der Waals surface area contributed by atoms with Gasteiger partial charge < -0.3 is 9.73 Å². The molecule has 4 heteroatoms. The minimum absolute atomic E-state index is 0.00747. The van der Waals surface area contributed by atoms with Gasteiger partial charge in [-0.15, -0.1) is 0 Å². The summed E-state index contributed by atoms with van der Waals surface area (Å²) >= 11 is 0. The number of nitrogens with one attached hydrogen (secondary N) is 1. The van der Waals surface area contributed by atoms with E-state index in [0.717, 1.165) is 11.3 Å². The van der Waals surface area contributed by atoms with Crippen LogP contribution in [0.5, 0.6) is 0 Å². The van der Waals surface area contributed by atoms with Crippen molar-refractivity contribution in [2.75, 3.05) is 6.54 Å². The number of carbonyl (C=O) groups is 1. The minimum Gasteiger partial charge on any atom is -0.468 e. The third-order valence-electron chi connectivity index (χ3n) is 4.19. The molecule has 1 N–H and O–H groups in total. The van der Waals surface area contributed by atoms with Crippen molar-refractivity contribution in [2.24, 2.45) is 0 Å². The standard InChI is InChI=1S/C22H24N2O2/c1-18-9-11-19(12-10-18)14-23-22(25)17-24(16-21-8-5-13-26-21)15-20-6-3-2-4-7-20/h2-13H,14-17H2,1H3,(H,23,25). The number of hydrogen-bond donors (Lipinski definition) is 1. The summed E-state index contributed by atoms with van der Waals surface area (Å²) in [6, 6.07) is 22.2. The maximum Gasteiger partial charge on any atom is 0.234 e. The first kappa shape index (κ1) is 18.0. The van der Waals surface area contributed by atoms with Crippen LogP contribution in [-0.4, -0.2) is 17.4 Å². The number of hydrogen-bond acceptors (Lipinski definition) is 3. The van der Waals surface area contributed by atoms with E-state index in [4.69, 9.17) is 4.42 Å². The highest BCUT2D eigenvalue weighted by atomic mass is 16.3. The van der Waals surface area contributed by atoms with Gasteiger partial charge in [-0.25, -0.2) is 0 Å². The maximum atomic E-state index is 12.4. The summed E-state index contributed by atoms with van der Waals surface area (Å²) in [4.78, 5) is 14.5. The number of amides is 1. The van der Waals surface area contributed by atoms with Gasteiger partial charge in [0.1, 0.15) is 5.76 Å². The fraction of sp³-hybridized carbons (Fsp3) is 0.227. The van der Waals surface area contributed by atoms with Crippen molar-refractivity contribution in [3.8, 4) is 0 Å². The Labute approximate surface area is 154 Å². The average molecular weight is 348 g/mol. The van der Waals surface area contributed by atoms with Crippen molar-refractivity contribution in [2.45, 2.75) is 26.6 Å². The summed E-state index contributed by atoms with van der Waals surface area (Å²) in [6.07, 6.45) is 1.66. The third kappa shape index (κ3) is 5.60. The second-order valence-corrected chi connectivity index (χ2v) is 6.47. The van der Waals surface area contributed by atoms with Crippen LogP contribution < -0.4 is 5.32 Å². The molecular weight excluding hydrogens is 324 g/mol. The van der Waals surface area contributed by atoms with Crippen LogP contribution in [0.3, 0.4) is 0 Å². The van der Waals surface area contributed by atoms with Crippen molar-refractivity contribution >= 4 is 5.91 Å². The first-order valence-electron chi connectivity index (χ1n) is 8.80. The van der Waals surface area contributed by atoms with Crippen LogP contribution in [0.15, 0.2) is 77.4 Å². The van der Waals surface area contributed by atoms with Crippen molar-refractivity contribution in [1.29, 1.82) is 0 Å². The molecule has 1 heterocycles. The molecule has 0 aliphatic rings. The second-order valence-electron chi connectivity index (χ2n) is 6.47. The quantitative estimate of drug-likeness (QED) is 0.671. The third-order valence-corrected chi connectivity index (χ3v) is 4.19. The summed E-state index contributed by atoms with van der Waals surface area (Å²) < 4.78 is 5.45. The van der Waals surface area contributed by atoms with Crippen LogP contribution in [-0.2, 0) is 24.4 Å². The SMILES string of the molecule is Cc1ccc(CNC(=O)CN(Cc2ccccc2)Cc2ccco2)cc1. The molecule has 0 saturated carbocycles. The Morgan fingerprint density at radius 2 is 1.69 bits per heavy atom. The Kier molecular flexibility index (Phi) is 6.23. The smallest absolute Gasteiger partial charge is 0.234 e. The number of benzene rings is 2. The van der Waals surface area contributed by atoms with Crippen LogP contribution in [0, 0.1) is 6.92 Å². The fourth-order valence-electron chi connectivity index (χ4n) is 2.80. The van der Waals surface area contributed by atoms with Crippen LogP contribution >= 0.6 is 0 Å². The van der Waals surface area contributed by atoms with E-state index in [-0.39, 0.29) is 5.91 Å². The Hall–Kier alpha value is -2.85. The van der Waals surface area contributed by atoms with Gasteiger partial charge in [0.25, 0.3) is 0 Å². The van der Waals surface area contributed by atoms with E-state index >= 15 is 0 Å². The lowest BCUT2D eigenvalue weighted by molar-refractivity contribution is -0.122. The Morgan fingerprint density at radius 1 is 0.923 bits per heavy atom. The zero-order chi connectivity index (χ0) is 18.2. The molecule has 134 valence electrons. The van der Waals surface area contributed by atoms with Crippen molar-refractivity contribution < 1.29 is 9.21 Å². The predicted molar refractivity (Wildman–Crippen MR) is 102 cm³/mol. The molecule has 0 aliphatic carbocycles. The predicted octanol–water partition coefficient (Wildman–Crippen LogP) is 3.91. The molecule has 2 aromatic carbocycles. The van der Waals surface area contributed by atoms with Gasteiger partial charge in [-0.05, 0) is 30.2 Å². The van der Waals surface area contributed by atoms with E-state index in [1.807, 2.05) is 42.5 Å². The van der Waals surface area contributed by atoms with Gasteiger partial charge in [-0.1, -0.05) is 60.2 Å². The molecule has 0 saturated heterocycles. The van der Waals surface area contributed by atoms with Crippen LogP contribution in [0.2, 0.25) is 0 Å². The zero-order valence-electron chi connectivity index (χ0n) is 15.0. The van der Waals surface area contributed by atoms with Crippen molar-refractivity contribution in [3.05, 3.63) is 95.4 Å². The highest BCUT2D eigenvalue weighted by molar-refractivity contribution is 5.78. The molecule has 0 spiro atoms. The lowest BCUT2D eigenvalue weighted by Gasteiger charge is -2.21. The Bertz CT molecular complexity index is 796. The summed E-state index contributed by atoms with van der Waals surface area (Å²) in [5.74, 6) is 0.861. The van der Waals surface area contributed by atoms with E-state index in [1.165, 1.54) is 11.1 Å². The van der Waals surface area contributed by atoms with E-state index in [9.17, 15) is 4.79 Å². The topological polar surface area (TPSA) is 45.5 Å². The van der Waals surface area contributed by atoms with E-state index in [2.05, 4.69) is 41.4 Å². The molecule has 26 heavy (non-hydrogen) atoms. The van der Waals surface area contributed by atoms with Gasteiger partial charge in [0.2, 0.25) is 5.91 Å². The normalized spacial score (nSPS) is 10.8. The first-order valence-corrected chi connectivity index (χ1v) is 8.80. The van der Waals surface area contributed by atoms with Gasteiger partial charge in [0.05, 0.1) is 19.4 Å². The van der Waals surface area contributed by atoms with E-state index in [1.54, 1.807) is 6.26 Å². The molecule has 3 rings (SSSR count). The first-order chi connectivity index (χ1) is 12.7. The number of carbonyl (C=O) groups excluding carboxylic acids is 1. The summed E-state index contributed by atoms with van der Waals surface area (Å²) in [5.41, 5.74) is 3.49. The maximum absolute atomic E-state index is 12.4. The van der Waals surface area contributed by atoms with Gasteiger partial charge in [-0.3, -0.25) is 9.69 Å². The van der Waals surface area contributed by atoms with Gasteiger partial charge in [-0.2, -0.15) is 0 Å². The monoisotopic (exact) mass is 348 g/mol. The van der Waals surface area contributed by atoms with Gasteiger partial charge in [0.15, 0.2) is 0 Å². The molecule has 0 aliphatic heterocycles. The number of aryl methyl sites for hydroxylation is 1. The minimum atomic E-state index is 0.00747. The summed E-state index contributed by atoms with van der Waals surface area (Å²) in [6.45, 7) is 4.21. The van der Waals surface area contributed by atoms with Gasteiger partial charge >= 0.3 is 0 Å². The molecular formula is C22H24N2O2. The second kappa shape index (κ2) is 9.02. The van der Waals surface area contributed by atoms with Crippen molar-refractivity contribution in [1.82, 2.24) is 10.2 Å². The summed E-state index contributed by atoms with van der Waals surface area (Å²) in [7, 11) is 0. The highest BCUT2D eigenvalue weighted by Gasteiger charge is 2.13. The number of furan rings is 1. The van der Waals surface area contributed by atoms with E-state index in [0.29, 0.717) is 26.2 Å². The number of nitrogens with zero attached hydrogens (tertiary/aromatic N) is 1. The largest absolute Gasteiger partial charge is 0.468 e. The molecule has 1 aromatic heterocycles. The Balaban J connectivity index is 1.58. The molecule has 0 atom stereocenters. The number of rotatable bonds is 8. The lowest BCUT2D eigenvalue weighted by Crippen LogP contribution is -2.36. The molecule has 0 radical (unpaired) electrons. The molecule has 4 nitrogen and oxygen atoms in total. The van der Waals surface area contributed by atoms with E-state index < -0.39 is 0 Å². The molecule has 0 bridgehead atoms. The van der Waals surface area contributed by atoms with Crippen molar-refractivity contribution in [3.63, 3.8) is 0 Å².